The van der Waals surface area contributed by atoms with Crippen LogP contribution in [0, 0.1) is 57.2 Å². The van der Waals surface area contributed by atoms with E-state index in [0.29, 0.717) is 44.8 Å². The Labute approximate surface area is 298 Å². The summed E-state index contributed by atoms with van der Waals surface area (Å²) >= 11 is 0. The number of hydrogen-bond donors (Lipinski definition) is 1. The van der Waals surface area contributed by atoms with Crippen molar-refractivity contribution in [2.24, 2.45) is 57.2 Å². The number of pyridine rings is 2. The van der Waals surface area contributed by atoms with E-state index >= 15 is 0 Å². The Bertz CT molecular complexity index is 1650. The van der Waals surface area contributed by atoms with E-state index in [1.165, 1.54) is 0 Å². The zero-order chi connectivity index (χ0) is 36.0. The molecule has 0 amide bonds. The molecule has 11 atom stereocenters. The summed E-state index contributed by atoms with van der Waals surface area (Å²) in [6.45, 7) is 7.90. The summed E-state index contributed by atoms with van der Waals surface area (Å²) in [6, 6.07) is 11.6. The molecular weight excluding hydrogens is 655 g/mol. The topological polar surface area (TPSA) is 92.6 Å². The number of carboxylic acid groups (broad SMARTS) is 1. The van der Waals surface area contributed by atoms with Crippen molar-refractivity contribution in [3.05, 3.63) is 71.8 Å². The zero-order valence-electron chi connectivity index (χ0n) is 29.8. The molecule has 3 heterocycles. The lowest BCUT2D eigenvalue weighted by Crippen LogP contribution is -2.69. The van der Waals surface area contributed by atoms with Crippen LogP contribution in [0.25, 0.3) is 0 Å². The molecule has 7 aliphatic rings. The molecule has 10 heteroatoms. The van der Waals surface area contributed by atoms with E-state index in [9.17, 15) is 27.9 Å². The number of carbonyl (C=O) groups excluding carboxylic acids is 1. The van der Waals surface area contributed by atoms with Crippen LogP contribution in [0.5, 0.6) is 0 Å². The quantitative estimate of drug-likeness (QED) is 0.167. The Hall–Kier alpha value is -3.11. The number of carbonyl (C=O) groups is 2. The van der Waals surface area contributed by atoms with E-state index in [-0.39, 0.29) is 48.2 Å². The van der Waals surface area contributed by atoms with E-state index in [4.69, 9.17) is 4.74 Å². The number of halogens is 3. The fourth-order valence-corrected chi connectivity index (χ4v) is 13.1. The van der Waals surface area contributed by atoms with Gasteiger partial charge in [-0.05, 0) is 98.3 Å². The van der Waals surface area contributed by atoms with Gasteiger partial charge in [-0.3, -0.25) is 19.7 Å². The lowest BCUT2D eigenvalue weighted by atomic mass is 9.35. The van der Waals surface area contributed by atoms with Gasteiger partial charge in [0.15, 0.2) is 0 Å². The molecule has 6 aliphatic carbocycles. The van der Waals surface area contributed by atoms with Crippen molar-refractivity contribution < 1.29 is 32.6 Å². The minimum absolute atomic E-state index is 0.00400. The molecule has 1 N–H and O–H groups in total. The van der Waals surface area contributed by atoms with Gasteiger partial charge in [-0.25, -0.2) is 0 Å². The predicted octanol–water partition coefficient (Wildman–Crippen LogP) is 7.91. The molecule has 8 unspecified atom stereocenters. The molecule has 1 aliphatic heterocycles. The maximum absolute atomic E-state index is 14.0. The summed E-state index contributed by atoms with van der Waals surface area (Å²) in [7, 11) is 0. The maximum atomic E-state index is 14.0. The summed E-state index contributed by atoms with van der Waals surface area (Å²) in [5.74, 6) is -0.457. The zero-order valence-corrected chi connectivity index (χ0v) is 29.8. The first-order chi connectivity index (χ1) is 24.3. The first kappa shape index (κ1) is 34.9. The number of aliphatic carboxylic acids is 1. The van der Waals surface area contributed by atoms with Crippen molar-refractivity contribution in [2.45, 2.75) is 104 Å². The lowest BCUT2D eigenvalue weighted by Gasteiger charge is -2.64. The van der Waals surface area contributed by atoms with Crippen molar-refractivity contribution >= 4 is 12.3 Å². The number of aldehydes is 1. The second-order valence-corrected chi connectivity index (χ2v) is 17.2. The minimum Gasteiger partial charge on any atom is -0.481 e. The van der Waals surface area contributed by atoms with Gasteiger partial charge in [-0.15, -0.1) is 0 Å². The summed E-state index contributed by atoms with van der Waals surface area (Å²) in [4.78, 5) is 38.8. The van der Waals surface area contributed by atoms with E-state index in [1.54, 1.807) is 12.4 Å². The summed E-state index contributed by atoms with van der Waals surface area (Å²) in [5, 5.41) is 11.4. The summed E-state index contributed by atoms with van der Waals surface area (Å²) in [5.41, 5.74) is -0.597. The molecule has 274 valence electrons. The Morgan fingerprint density at radius 2 is 1.78 bits per heavy atom. The number of carboxylic acids is 1. The van der Waals surface area contributed by atoms with Crippen molar-refractivity contribution in [1.29, 1.82) is 0 Å². The molecule has 1 spiro atoms. The van der Waals surface area contributed by atoms with Crippen LogP contribution in [0.1, 0.15) is 83.5 Å². The van der Waals surface area contributed by atoms with Crippen molar-refractivity contribution in [2.75, 3.05) is 6.54 Å². The Balaban J connectivity index is 1.17. The average Bonchev–Trinajstić information content (AvgIpc) is 3.28. The molecule has 51 heavy (non-hydrogen) atoms. The largest absolute Gasteiger partial charge is 0.481 e. The smallest absolute Gasteiger partial charge is 0.389 e. The molecule has 5 saturated carbocycles. The number of nitrogens with zero attached hydrogens (tertiary/aromatic N) is 3. The van der Waals surface area contributed by atoms with E-state index in [1.807, 2.05) is 50.2 Å². The second-order valence-electron chi connectivity index (χ2n) is 17.2. The van der Waals surface area contributed by atoms with E-state index < -0.39 is 40.2 Å². The Morgan fingerprint density at radius 1 is 1.10 bits per heavy atom. The summed E-state index contributed by atoms with van der Waals surface area (Å²) < 4.78 is 47.6. The van der Waals surface area contributed by atoms with E-state index in [0.717, 1.165) is 42.5 Å². The van der Waals surface area contributed by atoms with Crippen LogP contribution in [0.3, 0.4) is 0 Å². The highest BCUT2D eigenvalue weighted by Gasteiger charge is 3.01. The van der Waals surface area contributed by atoms with Crippen molar-refractivity contribution in [3.8, 4) is 0 Å². The fraction of sp³-hybridized carbons (Fsp3) is 0.659. The molecule has 7 nitrogen and oxygen atoms in total. The van der Waals surface area contributed by atoms with Crippen LogP contribution in [-0.4, -0.2) is 57.2 Å². The maximum Gasteiger partial charge on any atom is 0.389 e. The second kappa shape index (κ2) is 12.2. The molecule has 1 saturated heterocycles. The number of hydrogen-bond acceptors (Lipinski definition) is 6. The van der Waals surface area contributed by atoms with Gasteiger partial charge in [0, 0.05) is 49.3 Å². The highest BCUT2D eigenvalue weighted by Crippen LogP contribution is 3.00. The van der Waals surface area contributed by atoms with Crippen molar-refractivity contribution in [1.82, 2.24) is 14.9 Å². The molecule has 0 radical (unpaired) electrons. The van der Waals surface area contributed by atoms with Gasteiger partial charge in [-0.1, -0.05) is 51.0 Å². The van der Waals surface area contributed by atoms with Crippen molar-refractivity contribution in [3.63, 3.8) is 0 Å². The van der Waals surface area contributed by atoms with Crippen LogP contribution in [0.2, 0.25) is 0 Å². The Morgan fingerprint density at radius 3 is 2.35 bits per heavy atom. The number of allylic oxidation sites excluding steroid dienone is 1. The van der Waals surface area contributed by atoms with E-state index in [2.05, 4.69) is 27.9 Å². The highest BCUT2D eigenvalue weighted by molar-refractivity contribution is 5.94. The third kappa shape index (κ3) is 4.83. The van der Waals surface area contributed by atoms with Gasteiger partial charge in [0.25, 0.3) is 0 Å². The van der Waals surface area contributed by atoms with Gasteiger partial charge < -0.3 is 14.6 Å². The number of ether oxygens (including phenoxy) is 1. The molecule has 0 aromatic carbocycles. The highest BCUT2D eigenvalue weighted by atomic mass is 19.4. The predicted molar refractivity (Wildman–Crippen MR) is 184 cm³/mol. The SMILES string of the molecule is CC(C)C1=CC2C3(C4CC(CCCC(F)(F)F)C(CN(Cc5ccccn5)Cc5ccccn5)O4)C[C@@H]4[C@H](C)CC[C@H]4C4(C=O)CC23C14C(=O)O. The van der Waals surface area contributed by atoms with Crippen LogP contribution in [0.4, 0.5) is 13.2 Å². The van der Waals surface area contributed by atoms with Crippen LogP contribution in [-0.2, 0) is 27.4 Å². The van der Waals surface area contributed by atoms with Crippen LogP contribution < -0.4 is 0 Å². The molecule has 6 fully saturated rings. The number of rotatable bonds is 13. The number of aromatic nitrogens is 2. The van der Waals surface area contributed by atoms with Crippen LogP contribution >= 0.6 is 0 Å². The first-order valence-corrected chi connectivity index (χ1v) is 19.0. The molecule has 9 rings (SSSR count). The van der Waals surface area contributed by atoms with Gasteiger partial charge in [0.2, 0.25) is 0 Å². The number of alkyl halides is 3. The van der Waals surface area contributed by atoms with Gasteiger partial charge in [0.1, 0.15) is 11.7 Å². The molecular formula is C41H50F3N3O4. The third-order valence-electron chi connectivity index (χ3n) is 14.8. The fourth-order valence-electron chi connectivity index (χ4n) is 13.1. The lowest BCUT2D eigenvalue weighted by molar-refractivity contribution is -0.207. The molecule has 2 bridgehead atoms. The van der Waals surface area contributed by atoms with Gasteiger partial charge >= 0.3 is 12.1 Å². The first-order valence-electron chi connectivity index (χ1n) is 19.0. The minimum atomic E-state index is -4.23. The average molecular weight is 706 g/mol. The van der Waals surface area contributed by atoms with Gasteiger partial charge in [0.05, 0.1) is 29.0 Å². The standard InChI is InChI=1S/C41H50F3N3O4/c1-25(2)32-18-34-38(19-30-26(3)12-13-31(30)37(24-48)23-39(34,38)41(32,37)36(49)50)35-17-27(9-8-14-40(42,43)44)33(51-35)22-47(20-28-10-4-6-15-45-28)21-29-11-5-7-16-46-29/h4-7,10-11,15-16,18,24-27,30-31,33-35H,8-9,12-14,17,19-23H2,1-3H3,(H,49,50)/t26-,27?,30-,31-,33?,34?,35?,37?,38?,39?,41?/m1/s1. The monoisotopic (exact) mass is 705 g/mol. The molecule has 2 aromatic rings. The summed E-state index contributed by atoms with van der Waals surface area (Å²) in [6.07, 6.45) is 5.30. The van der Waals surface area contributed by atoms with Gasteiger partial charge in [-0.2, -0.15) is 13.2 Å². The molecule has 2 aromatic heterocycles. The third-order valence-corrected chi connectivity index (χ3v) is 14.8. The normalized spacial score (nSPS) is 40.4. The Kier molecular flexibility index (Phi) is 8.37. The van der Waals surface area contributed by atoms with Crippen LogP contribution in [0.15, 0.2) is 60.4 Å².